The molecule has 166 valence electrons. The van der Waals surface area contributed by atoms with Gasteiger partial charge < -0.3 is 9.80 Å². The quantitative estimate of drug-likeness (QED) is 0.484. The highest BCUT2D eigenvalue weighted by Crippen LogP contribution is 2.32. The highest BCUT2D eigenvalue weighted by atomic mass is 19.1. The molecule has 0 aliphatic carbocycles. The van der Waals surface area contributed by atoms with E-state index in [4.69, 9.17) is 4.98 Å². The zero-order valence-corrected chi connectivity index (χ0v) is 17.9. The molecule has 33 heavy (non-hydrogen) atoms. The molecule has 2 saturated heterocycles. The molecule has 0 spiro atoms. The van der Waals surface area contributed by atoms with Crippen LogP contribution >= 0.6 is 0 Å². The van der Waals surface area contributed by atoms with E-state index in [1.165, 1.54) is 23.3 Å². The largest absolute Gasteiger partial charge is 0.355 e. The highest BCUT2D eigenvalue weighted by Gasteiger charge is 2.38. The lowest BCUT2D eigenvalue weighted by Crippen LogP contribution is -2.54. The molecule has 0 saturated carbocycles. The topological polar surface area (TPSA) is 80.0 Å². The summed E-state index contributed by atoms with van der Waals surface area (Å²) in [6.07, 6.45) is 5.89. The average molecular weight is 443 g/mol. The molecule has 4 aromatic rings. The molecule has 2 bridgehead atoms. The average Bonchev–Trinajstić information content (AvgIpc) is 3.37. The van der Waals surface area contributed by atoms with Crippen molar-refractivity contribution in [1.82, 2.24) is 29.9 Å². The second kappa shape index (κ2) is 7.91. The van der Waals surface area contributed by atoms with Gasteiger partial charge in [0.05, 0.1) is 29.6 Å². The van der Waals surface area contributed by atoms with Crippen molar-refractivity contribution in [2.45, 2.75) is 6.42 Å². The Balaban J connectivity index is 1.24. The number of piperidine rings is 2. The molecule has 2 aliphatic rings. The smallest absolute Gasteiger partial charge is 0.259 e. The summed E-state index contributed by atoms with van der Waals surface area (Å²) in [5, 5.41) is 8.17. The van der Waals surface area contributed by atoms with Crippen LogP contribution in [-0.4, -0.2) is 61.9 Å². The molecule has 2 aromatic carbocycles. The minimum atomic E-state index is -0.557. The third-order valence-electron chi connectivity index (χ3n) is 6.47. The lowest BCUT2D eigenvalue weighted by Gasteiger charge is -2.46. The van der Waals surface area contributed by atoms with E-state index in [9.17, 15) is 9.18 Å². The molecule has 2 unspecified atom stereocenters. The van der Waals surface area contributed by atoms with E-state index in [-0.39, 0.29) is 23.3 Å². The monoisotopic (exact) mass is 443 g/mol. The van der Waals surface area contributed by atoms with E-state index in [1.807, 2.05) is 30.5 Å². The Morgan fingerprint density at radius 2 is 1.64 bits per heavy atom. The first-order chi connectivity index (χ1) is 16.2. The van der Waals surface area contributed by atoms with Gasteiger partial charge in [-0.3, -0.25) is 9.78 Å². The van der Waals surface area contributed by atoms with Crippen LogP contribution in [0, 0.1) is 17.7 Å². The zero-order chi connectivity index (χ0) is 22.4. The number of amides is 1. The van der Waals surface area contributed by atoms with Crippen molar-refractivity contribution in [3.8, 4) is 5.69 Å². The molecule has 4 heterocycles. The van der Waals surface area contributed by atoms with Gasteiger partial charge >= 0.3 is 0 Å². The number of likely N-dealkylation sites (tertiary alicyclic amines) is 1. The van der Waals surface area contributed by atoms with E-state index >= 15 is 0 Å². The summed E-state index contributed by atoms with van der Waals surface area (Å²) in [4.78, 5) is 28.1. The first-order valence-corrected chi connectivity index (χ1v) is 11.1. The lowest BCUT2D eigenvalue weighted by molar-refractivity contribution is 0.0559. The Hall–Kier alpha value is -3.88. The lowest BCUT2D eigenvalue weighted by atomic mass is 9.84. The standard InChI is InChI=1S/C24H22FN7O/c25-18-4-3-7-21(32-27-8-9-28-32)23(18)24(33)31-14-16-10-17(15-31)13-30(12-16)22-11-26-19-5-1-2-6-20(19)29-22/h1-9,11,16-17H,10,12-15H2. The van der Waals surface area contributed by atoms with Gasteiger partial charge in [0.15, 0.2) is 0 Å². The third kappa shape index (κ3) is 3.59. The van der Waals surface area contributed by atoms with Crippen LogP contribution in [0.2, 0.25) is 0 Å². The molecule has 2 fully saturated rings. The zero-order valence-electron chi connectivity index (χ0n) is 17.9. The molecule has 6 rings (SSSR count). The van der Waals surface area contributed by atoms with Crippen LogP contribution in [0.15, 0.2) is 61.1 Å². The number of carbonyl (C=O) groups excluding carboxylic acids is 1. The number of anilines is 1. The molecular formula is C24H22FN7O. The summed E-state index contributed by atoms with van der Waals surface area (Å²) < 4.78 is 14.8. The number of benzene rings is 2. The number of hydrogen-bond donors (Lipinski definition) is 0. The van der Waals surface area contributed by atoms with Crippen molar-refractivity contribution in [3.05, 3.63) is 72.4 Å². The fourth-order valence-electron chi connectivity index (χ4n) is 5.12. The second-order valence-electron chi connectivity index (χ2n) is 8.75. The first-order valence-electron chi connectivity index (χ1n) is 11.1. The van der Waals surface area contributed by atoms with Gasteiger partial charge in [-0.15, -0.1) is 0 Å². The third-order valence-corrected chi connectivity index (χ3v) is 6.47. The number of nitrogens with zero attached hydrogens (tertiary/aromatic N) is 7. The second-order valence-corrected chi connectivity index (χ2v) is 8.75. The highest BCUT2D eigenvalue weighted by molar-refractivity contribution is 5.98. The van der Waals surface area contributed by atoms with Crippen molar-refractivity contribution >= 4 is 22.8 Å². The number of hydrogen-bond acceptors (Lipinski definition) is 6. The molecular weight excluding hydrogens is 421 g/mol. The van der Waals surface area contributed by atoms with Crippen LogP contribution in [0.3, 0.4) is 0 Å². The van der Waals surface area contributed by atoms with Crippen molar-refractivity contribution in [1.29, 1.82) is 0 Å². The maximum absolute atomic E-state index is 14.8. The SMILES string of the molecule is O=C(c1c(F)cccc1-n1nccn1)N1CC2CC(C1)CN(c1cnc3ccccc3n1)C2. The number of aromatic nitrogens is 5. The van der Waals surface area contributed by atoms with Crippen LogP contribution < -0.4 is 4.90 Å². The maximum atomic E-state index is 14.8. The van der Waals surface area contributed by atoms with E-state index < -0.39 is 5.82 Å². The molecule has 1 amide bonds. The number of para-hydroxylation sites is 2. The van der Waals surface area contributed by atoms with Gasteiger partial charge in [0.2, 0.25) is 0 Å². The summed E-state index contributed by atoms with van der Waals surface area (Å²) >= 11 is 0. The van der Waals surface area contributed by atoms with E-state index in [1.54, 1.807) is 17.0 Å². The number of carbonyl (C=O) groups is 1. The van der Waals surface area contributed by atoms with Gasteiger partial charge in [-0.2, -0.15) is 15.0 Å². The summed E-state index contributed by atoms with van der Waals surface area (Å²) in [6.45, 7) is 2.73. The predicted molar refractivity (Wildman–Crippen MR) is 121 cm³/mol. The molecule has 8 nitrogen and oxygen atoms in total. The van der Waals surface area contributed by atoms with Gasteiger partial charge in [-0.1, -0.05) is 18.2 Å². The fourth-order valence-corrected chi connectivity index (χ4v) is 5.12. The van der Waals surface area contributed by atoms with Crippen LogP contribution in [0.1, 0.15) is 16.8 Å². The number of fused-ring (bicyclic) bond motifs is 3. The minimum absolute atomic E-state index is 0.0194. The Labute approximate surface area is 189 Å². The van der Waals surface area contributed by atoms with Crippen molar-refractivity contribution in [3.63, 3.8) is 0 Å². The first kappa shape index (κ1) is 19.8. The molecule has 2 atom stereocenters. The molecule has 2 aromatic heterocycles. The Morgan fingerprint density at radius 3 is 2.39 bits per heavy atom. The Kier molecular flexibility index (Phi) is 4.74. The fraction of sp³-hybridized carbons (Fsp3) is 0.292. The normalized spacial score (nSPS) is 20.3. The Morgan fingerprint density at radius 1 is 0.909 bits per heavy atom. The van der Waals surface area contributed by atoms with E-state index in [2.05, 4.69) is 20.1 Å². The summed E-state index contributed by atoms with van der Waals surface area (Å²) in [7, 11) is 0. The number of rotatable bonds is 3. The van der Waals surface area contributed by atoms with Crippen LogP contribution in [0.25, 0.3) is 16.7 Å². The van der Waals surface area contributed by atoms with Gasteiger partial charge in [0.1, 0.15) is 22.9 Å². The maximum Gasteiger partial charge on any atom is 0.259 e. The van der Waals surface area contributed by atoms with Crippen molar-refractivity contribution in [2.75, 3.05) is 31.1 Å². The van der Waals surface area contributed by atoms with Gasteiger partial charge in [-0.05, 0) is 42.5 Å². The van der Waals surface area contributed by atoms with Crippen molar-refractivity contribution < 1.29 is 9.18 Å². The molecule has 0 N–H and O–H groups in total. The predicted octanol–water partition coefficient (Wildman–Crippen LogP) is 2.95. The van der Waals surface area contributed by atoms with Crippen molar-refractivity contribution in [2.24, 2.45) is 11.8 Å². The van der Waals surface area contributed by atoms with Crippen LogP contribution in [-0.2, 0) is 0 Å². The van der Waals surface area contributed by atoms with Gasteiger partial charge in [0, 0.05) is 26.2 Å². The minimum Gasteiger partial charge on any atom is -0.355 e. The van der Waals surface area contributed by atoms with Gasteiger partial charge in [-0.25, -0.2) is 9.37 Å². The van der Waals surface area contributed by atoms with E-state index in [0.29, 0.717) is 18.8 Å². The molecule has 2 aliphatic heterocycles. The summed E-state index contributed by atoms with van der Waals surface area (Å²) in [5.74, 6) is 0.567. The number of halogens is 1. The van der Waals surface area contributed by atoms with Crippen LogP contribution in [0.5, 0.6) is 0 Å². The van der Waals surface area contributed by atoms with Crippen LogP contribution in [0.4, 0.5) is 10.2 Å². The summed E-state index contributed by atoms with van der Waals surface area (Å²) in [6, 6.07) is 12.4. The Bertz CT molecular complexity index is 1310. The van der Waals surface area contributed by atoms with E-state index in [0.717, 1.165) is 36.4 Å². The summed E-state index contributed by atoms with van der Waals surface area (Å²) in [5.41, 5.74) is 2.13. The molecule has 0 radical (unpaired) electrons. The van der Waals surface area contributed by atoms with Gasteiger partial charge in [0.25, 0.3) is 5.91 Å². The molecule has 9 heteroatoms.